The molecule has 0 amide bonds. The third-order valence-corrected chi connectivity index (χ3v) is 6.22. The molecule has 1 unspecified atom stereocenters. The summed E-state index contributed by atoms with van der Waals surface area (Å²) in [5.41, 5.74) is 1.57. The van der Waals surface area contributed by atoms with Gasteiger partial charge in [0, 0.05) is 25.0 Å². The van der Waals surface area contributed by atoms with E-state index in [1.807, 2.05) is 0 Å². The third-order valence-electron chi connectivity index (χ3n) is 4.38. The van der Waals surface area contributed by atoms with Crippen LogP contribution in [0, 0.1) is 0 Å². The lowest BCUT2D eigenvalue weighted by Gasteiger charge is -2.31. The number of aromatic nitrogens is 1. The van der Waals surface area contributed by atoms with Crippen molar-refractivity contribution in [1.82, 2.24) is 10.3 Å². The van der Waals surface area contributed by atoms with E-state index in [1.165, 1.54) is 6.07 Å². The first kappa shape index (κ1) is 18.9. The van der Waals surface area contributed by atoms with Crippen LogP contribution in [0.1, 0.15) is 17.2 Å². The van der Waals surface area contributed by atoms with Gasteiger partial charge >= 0.3 is 0 Å². The number of nitrogens with one attached hydrogen (secondary N) is 2. The predicted octanol–water partition coefficient (Wildman–Crippen LogP) is 1.88. The van der Waals surface area contributed by atoms with Crippen LogP contribution in [-0.4, -0.2) is 42.4 Å². The number of aromatic amines is 1. The minimum absolute atomic E-state index is 0.0391. The Balaban J connectivity index is 1.53. The zero-order valence-corrected chi connectivity index (χ0v) is 15.4. The van der Waals surface area contributed by atoms with Crippen molar-refractivity contribution in [1.29, 1.82) is 0 Å². The molecule has 0 saturated carbocycles. The molecule has 1 aliphatic heterocycles. The summed E-state index contributed by atoms with van der Waals surface area (Å²) in [5.74, 6) is 0.717. The molecule has 0 aliphatic carbocycles. The molecule has 0 spiro atoms. The van der Waals surface area contributed by atoms with Crippen LogP contribution in [0.25, 0.3) is 0 Å². The number of hydrogen-bond donors (Lipinski definition) is 3. The van der Waals surface area contributed by atoms with E-state index in [0.29, 0.717) is 13.2 Å². The zero-order valence-electron chi connectivity index (χ0n) is 14.6. The van der Waals surface area contributed by atoms with Crippen molar-refractivity contribution in [2.24, 2.45) is 0 Å². The number of hydrogen-bond acceptors (Lipinski definition) is 5. The highest BCUT2D eigenvalue weighted by atomic mass is 31.2. The van der Waals surface area contributed by atoms with E-state index in [4.69, 9.17) is 9.47 Å². The lowest BCUT2D eigenvalue weighted by molar-refractivity contribution is 0.0156. The third kappa shape index (κ3) is 5.05. The second-order valence-corrected chi connectivity index (χ2v) is 8.81. The average Bonchev–Trinajstić information content (AvgIpc) is 2.63. The molecule has 3 rings (SSSR count). The Hall–Kier alpha value is -1.92. The minimum Gasteiger partial charge on any atom is -0.497 e. The smallest absolute Gasteiger partial charge is 0.247 e. The SMILES string of the molecule is COc1ccc(CP(=O)(O)C[C@H]2CN[C@H](c3ccc(=O)[nH]c3)CO2)cc1. The van der Waals surface area contributed by atoms with E-state index < -0.39 is 7.37 Å². The first-order chi connectivity index (χ1) is 12.4. The van der Waals surface area contributed by atoms with Gasteiger partial charge in [-0.1, -0.05) is 18.2 Å². The van der Waals surface area contributed by atoms with Crippen molar-refractivity contribution in [3.63, 3.8) is 0 Å². The highest BCUT2D eigenvalue weighted by Gasteiger charge is 2.29. The molecule has 0 bridgehead atoms. The Morgan fingerprint density at radius 1 is 1.27 bits per heavy atom. The van der Waals surface area contributed by atoms with Gasteiger partial charge < -0.3 is 24.7 Å². The van der Waals surface area contributed by atoms with Crippen molar-refractivity contribution in [3.8, 4) is 5.75 Å². The summed E-state index contributed by atoms with van der Waals surface area (Å²) in [7, 11) is -1.77. The van der Waals surface area contributed by atoms with Gasteiger partial charge in [0.05, 0.1) is 32.0 Å². The van der Waals surface area contributed by atoms with Gasteiger partial charge in [0.15, 0.2) is 0 Å². The summed E-state index contributed by atoms with van der Waals surface area (Å²) in [5, 5.41) is 3.31. The molecule has 140 valence electrons. The van der Waals surface area contributed by atoms with Gasteiger partial charge in [-0.3, -0.25) is 9.36 Å². The molecule has 0 radical (unpaired) electrons. The standard InChI is InChI=1S/C18H23N2O5P/c1-24-15-5-2-13(3-6-15)11-26(22,23)12-16-9-19-17(10-25-16)14-4-7-18(21)20-8-14/h2-8,16-17,19H,9-12H2,1H3,(H,20,21)(H,22,23)/t16-,17+/m1/s1. The molecular weight excluding hydrogens is 355 g/mol. The molecule has 2 heterocycles. The van der Waals surface area contributed by atoms with Gasteiger partial charge in [0.25, 0.3) is 0 Å². The maximum Gasteiger partial charge on any atom is 0.247 e. The number of rotatable bonds is 6. The van der Waals surface area contributed by atoms with Crippen molar-refractivity contribution in [3.05, 3.63) is 64.1 Å². The van der Waals surface area contributed by atoms with Gasteiger partial charge in [0.1, 0.15) is 5.75 Å². The fraction of sp³-hybridized carbons (Fsp3) is 0.389. The quantitative estimate of drug-likeness (QED) is 0.664. The van der Waals surface area contributed by atoms with Crippen molar-refractivity contribution >= 4 is 7.37 Å². The first-order valence-electron chi connectivity index (χ1n) is 8.42. The van der Waals surface area contributed by atoms with Gasteiger partial charge in [-0.05, 0) is 23.3 Å². The van der Waals surface area contributed by atoms with Gasteiger partial charge in [0.2, 0.25) is 12.9 Å². The molecule has 7 nitrogen and oxygen atoms in total. The number of pyridine rings is 1. The van der Waals surface area contributed by atoms with Crippen LogP contribution >= 0.6 is 7.37 Å². The second kappa shape index (κ2) is 8.18. The lowest BCUT2D eigenvalue weighted by atomic mass is 10.1. The van der Waals surface area contributed by atoms with Crippen LogP contribution in [0.2, 0.25) is 0 Å². The number of H-pyrrole nitrogens is 1. The summed E-state index contributed by atoms with van der Waals surface area (Å²) < 4.78 is 23.4. The maximum absolute atomic E-state index is 12.6. The van der Waals surface area contributed by atoms with Crippen LogP contribution in [0.5, 0.6) is 5.75 Å². The topological polar surface area (TPSA) is 101 Å². The minimum atomic E-state index is -3.36. The summed E-state index contributed by atoms with van der Waals surface area (Å²) in [6.07, 6.45) is 1.55. The van der Waals surface area contributed by atoms with Crippen LogP contribution in [0.15, 0.2) is 47.4 Å². The van der Waals surface area contributed by atoms with E-state index >= 15 is 0 Å². The number of methoxy groups -OCH3 is 1. The molecule has 1 aromatic carbocycles. The zero-order chi connectivity index (χ0) is 18.6. The number of ether oxygens (including phenoxy) is 2. The van der Waals surface area contributed by atoms with E-state index in [-0.39, 0.29) is 30.0 Å². The predicted molar refractivity (Wildman–Crippen MR) is 98.9 cm³/mol. The van der Waals surface area contributed by atoms with E-state index in [2.05, 4.69) is 10.3 Å². The van der Waals surface area contributed by atoms with Crippen molar-refractivity contribution < 1.29 is 18.9 Å². The molecule has 3 atom stereocenters. The molecule has 1 aromatic heterocycles. The maximum atomic E-state index is 12.6. The molecule has 8 heteroatoms. The van der Waals surface area contributed by atoms with Gasteiger partial charge in [-0.2, -0.15) is 0 Å². The fourth-order valence-corrected chi connectivity index (χ4v) is 4.77. The summed E-state index contributed by atoms with van der Waals surface area (Å²) in [6, 6.07) is 10.3. The molecule has 3 N–H and O–H groups in total. The first-order valence-corrected chi connectivity index (χ1v) is 10.5. The molecule has 1 fully saturated rings. The monoisotopic (exact) mass is 378 g/mol. The number of benzene rings is 1. The van der Waals surface area contributed by atoms with Crippen LogP contribution < -0.4 is 15.6 Å². The summed E-state index contributed by atoms with van der Waals surface area (Å²) in [4.78, 5) is 24.1. The molecule has 26 heavy (non-hydrogen) atoms. The highest BCUT2D eigenvalue weighted by molar-refractivity contribution is 7.57. The molecule has 2 aromatic rings. The van der Waals surface area contributed by atoms with Crippen LogP contribution in [-0.2, 0) is 15.5 Å². The Kier molecular flexibility index (Phi) is 5.94. The van der Waals surface area contributed by atoms with Gasteiger partial charge in [-0.25, -0.2) is 0 Å². The Morgan fingerprint density at radius 2 is 2.04 bits per heavy atom. The van der Waals surface area contributed by atoms with Crippen molar-refractivity contribution in [2.75, 3.05) is 26.4 Å². The molecule has 1 saturated heterocycles. The second-order valence-electron chi connectivity index (χ2n) is 6.44. The van der Waals surface area contributed by atoms with Crippen molar-refractivity contribution in [2.45, 2.75) is 18.3 Å². The summed E-state index contributed by atoms with van der Waals surface area (Å²) in [6.45, 7) is 0.871. The van der Waals surface area contributed by atoms with E-state index in [0.717, 1.165) is 16.9 Å². The highest BCUT2D eigenvalue weighted by Crippen LogP contribution is 2.45. The Labute approximate surface area is 151 Å². The van der Waals surface area contributed by atoms with E-state index in [1.54, 1.807) is 43.6 Å². The van der Waals surface area contributed by atoms with E-state index in [9.17, 15) is 14.3 Å². The summed E-state index contributed by atoms with van der Waals surface area (Å²) >= 11 is 0. The largest absolute Gasteiger partial charge is 0.497 e. The Morgan fingerprint density at radius 3 is 2.62 bits per heavy atom. The average molecular weight is 378 g/mol. The van der Waals surface area contributed by atoms with Gasteiger partial charge in [-0.15, -0.1) is 0 Å². The van der Waals surface area contributed by atoms with Crippen LogP contribution in [0.3, 0.4) is 0 Å². The Bertz CT molecular complexity index is 808. The molecule has 1 aliphatic rings. The fourth-order valence-electron chi connectivity index (χ4n) is 2.99. The molecular formula is C18H23N2O5P. The lowest BCUT2D eigenvalue weighted by Crippen LogP contribution is -2.43. The number of morpholine rings is 1. The van der Waals surface area contributed by atoms with Crippen LogP contribution in [0.4, 0.5) is 0 Å². The normalized spacial score (nSPS) is 22.5.